The van der Waals surface area contributed by atoms with E-state index in [0.29, 0.717) is 18.2 Å². The zero-order chi connectivity index (χ0) is 14.2. The molecule has 0 fully saturated rings. The maximum Gasteiger partial charge on any atom is 0.416 e. The van der Waals surface area contributed by atoms with Crippen molar-refractivity contribution >= 4 is 17.3 Å². The van der Waals surface area contributed by atoms with Crippen molar-refractivity contribution in [1.29, 1.82) is 0 Å². The Hall–Kier alpha value is -1.72. The third-order valence-corrected chi connectivity index (χ3v) is 2.86. The van der Waals surface area contributed by atoms with Crippen molar-refractivity contribution < 1.29 is 18.0 Å². The van der Waals surface area contributed by atoms with Crippen molar-refractivity contribution in [3.05, 3.63) is 23.8 Å². The molecule has 1 aliphatic rings. The average Bonchev–Trinajstić information content (AvgIpc) is 2.25. The fraction of sp³-hybridized carbons (Fsp3) is 0.462. The Morgan fingerprint density at radius 2 is 2.05 bits per heavy atom. The van der Waals surface area contributed by atoms with Gasteiger partial charge in [-0.1, -0.05) is 13.8 Å². The zero-order valence-corrected chi connectivity index (χ0v) is 10.7. The van der Waals surface area contributed by atoms with Crippen LogP contribution in [0.2, 0.25) is 0 Å². The molecular formula is C13H15F3N2O. The van der Waals surface area contributed by atoms with Gasteiger partial charge in [0.15, 0.2) is 0 Å². The first-order valence-electron chi connectivity index (χ1n) is 6.03. The molecule has 1 aromatic carbocycles. The Labute approximate surface area is 109 Å². The number of hydrogen-bond donors (Lipinski definition) is 1. The number of hydrogen-bond acceptors (Lipinski definition) is 2. The van der Waals surface area contributed by atoms with Gasteiger partial charge in [-0.25, -0.2) is 0 Å². The topological polar surface area (TPSA) is 32.3 Å². The van der Waals surface area contributed by atoms with Gasteiger partial charge in [0, 0.05) is 6.54 Å². The monoisotopic (exact) mass is 272 g/mol. The molecular weight excluding hydrogens is 257 g/mol. The van der Waals surface area contributed by atoms with E-state index < -0.39 is 11.7 Å². The molecule has 0 saturated heterocycles. The number of fused-ring (bicyclic) bond motifs is 1. The van der Waals surface area contributed by atoms with E-state index in [9.17, 15) is 18.0 Å². The summed E-state index contributed by atoms with van der Waals surface area (Å²) >= 11 is 0. The third-order valence-electron chi connectivity index (χ3n) is 2.86. The van der Waals surface area contributed by atoms with Crippen LogP contribution in [0.1, 0.15) is 19.4 Å². The molecule has 1 aromatic rings. The van der Waals surface area contributed by atoms with Gasteiger partial charge >= 0.3 is 6.18 Å². The minimum Gasteiger partial charge on any atom is -0.360 e. The van der Waals surface area contributed by atoms with E-state index in [0.717, 1.165) is 12.1 Å². The van der Waals surface area contributed by atoms with Crippen LogP contribution in [0.25, 0.3) is 0 Å². The molecule has 0 aliphatic carbocycles. The summed E-state index contributed by atoms with van der Waals surface area (Å²) < 4.78 is 37.9. The van der Waals surface area contributed by atoms with Gasteiger partial charge in [0.2, 0.25) is 5.91 Å². The van der Waals surface area contributed by atoms with E-state index in [1.54, 1.807) is 4.90 Å². The van der Waals surface area contributed by atoms with Crippen molar-refractivity contribution in [3.8, 4) is 0 Å². The Morgan fingerprint density at radius 3 is 2.63 bits per heavy atom. The molecule has 0 unspecified atom stereocenters. The highest BCUT2D eigenvalue weighted by Crippen LogP contribution is 2.36. The third kappa shape index (κ3) is 3.00. The Kier molecular flexibility index (Phi) is 3.43. The van der Waals surface area contributed by atoms with Gasteiger partial charge in [0.1, 0.15) is 0 Å². The first-order chi connectivity index (χ1) is 8.77. The summed E-state index contributed by atoms with van der Waals surface area (Å²) in [5.41, 5.74) is 0.117. The van der Waals surface area contributed by atoms with Gasteiger partial charge < -0.3 is 10.2 Å². The highest BCUT2D eigenvalue weighted by atomic mass is 19.4. The van der Waals surface area contributed by atoms with Gasteiger partial charge in [-0.2, -0.15) is 13.2 Å². The molecule has 0 spiro atoms. The van der Waals surface area contributed by atoms with Crippen LogP contribution >= 0.6 is 0 Å². The fourth-order valence-electron chi connectivity index (χ4n) is 2.14. The smallest absolute Gasteiger partial charge is 0.360 e. The predicted molar refractivity (Wildman–Crippen MR) is 67.1 cm³/mol. The molecule has 0 atom stereocenters. The number of halogens is 3. The normalized spacial score (nSPS) is 15.5. The molecule has 3 nitrogen and oxygen atoms in total. The molecule has 6 heteroatoms. The summed E-state index contributed by atoms with van der Waals surface area (Å²) in [5.74, 6) is 0.0357. The summed E-state index contributed by atoms with van der Waals surface area (Å²) in [5, 5.41) is 2.49. The maximum atomic E-state index is 12.6. The number of carbonyl (C=O) groups excluding carboxylic acids is 1. The zero-order valence-electron chi connectivity index (χ0n) is 10.7. The molecule has 1 heterocycles. The standard InChI is InChI=1S/C13H15F3N2O/c1-8(2)6-18-7-12(19)17-10-5-9(13(14,15)16)3-4-11(10)18/h3-5,8H,6-7H2,1-2H3,(H,17,19). The van der Waals surface area contributed by atoms with Crippen LogP contribution in [0.3, 0.4) is 0 Å². The van der Waals surface area contributed by atoms with E-state index in [-0.39, 0.29) is 18.1 Å². The minimum absolute atomic E-state index is 0.177. The van der Waals surface area contributed by atoms with Crippen molar-refractivity contribution in [2.75, 3.05) is 23.3 Å². The summed E-state index contributed by atoms with van der Waals surface area (Å²) in [7, 11) is 0. The van der Waals surface area contributed by atoms with E-state index in [1.165, 1.54) is 6.07 Å². The summed E-state index contributed by atoms with van der Waals surface area (Å²) in [6.07, 6.45) is -4.40. The molecule has 0 aromatic heterocycles. The summed E-state index contributed by atoms with van der Waals surface area (Å²) in [6, 6.07) is 3.45. The van der Waals surface area contributed by atoms with Crippen molar-refractivity contribution in [3.63, 3.8) is 0 Å². The number of nitrogens with zero attached hydrogens (tertiary/aromatic N) is 1. The molecule has 0 radical (unpaired) electrons. The summed E-state index contributed by atoms with van der Waals surface area (Å²) in [4.78, 5) is 13.3. The van der Waals surface area contributed by atoms with Crippen LogP contribution in [-0.2, 0) is 11.0 Å². The Bertz CT molecular complexity index is 497. The number of nitrogens with one attached hydrogen (secondary N) is 1. The fourth-order valence-corrected chi connectivity index (χ4v) is 2.14. The second-order valence-electron chi connectivity index (χ2n) is 5.05. The maximum absolute atomic E-state index is 12.6. The van der Waals surface area contributed by atoms with E-state index in [1.807, 2.05) is 13.8 Å². The molecule has 1 N–H and O–H groups in total. The second kappa shape index (κ2) is 4.75. The SMILES string of the molecule is CC(C)CN1CC(=O)Nc2cc(C(F)(F)F)ccc21. The van der Waals surface area contributed by atoms with Gasteiger partial charge in [-0.05, 0) is 24.1 Å². The Balaban J connectivity index is 2.38. The largest absolute Gasteiger partial charge is 0.416 e. The summed E-state index contributed by atoms with van der Waals surface area (Å²) in [6.45, 7) is 4.80. The van der Waals surface area contributed by atoms with Crippen LogP contribution in [0.5, 0.6) is 0 Å². The number of rotatable bonds is 2. The molecule has 1 amide bonds. The van der Waals surface area contributed by atoms with E-state index in [2.05, 4.69) is 5.32 Å². The Morgan fingerprint density at radius 1 is 1.37 bits per heavy atom. The van der Waals surface area contributed by atoms with Crippen LogP contribution in [0, 0.1) is 5.92 Å². The van der Waals surface area contributed by atoms with Crippen molar-refractivity contribution in [2.45, 2.75) is 20.0 Å². The van der Waals surface area contributed by atoms with Crippen molar-refractivity contribution in [1.82, 2.24) is 0 Å². The lowest BCUT2D eigenvalue weighted by atomic mass is 10.1. The number of alkyl halides is 3. The molecule has 0 saturated carbocycles. The van der Waals surface area contributed by atoms with Gasteiger partial charge in [0.25, 0.3) is 0 Å². The first-order valence-corrected chi connectivity index (χ1v) is 6.03. The average molecular weight is 272 g/mol. The number of anilines is 2. The predicted octanol–water partition coefficient (Wildman–Crippen LogP) is 3.12. The molecule has 104 valence electrons. The van der Waals surface area contributed by atoms with Crippen LogP contribution in [0.4, 0.5) is 24.5 Å². The highest BCUT2D eigenvalue weighted by Gasteiger charge is 2.32. The molecule has 1 aliphatic heterocycles. The van der Waals surface area contributed by atoms with Crippen molar-refractivity contribution in [2.24, 2.45) is 5.92 Å². The molecule has 0 bridgehead atoms. The lowest BCUT2D eigenvalue weighted by Crippen LogP contribution is -2.40. The lowest BCUT2D eigenvalue weighted by Gasteiger charge is -2.32. The van der Waals surface area contributed by atoms with Crippen LogP contribution < -0.4 is 10.2 Å². The number of benzene rings is 1. The van der Waals surface area contributed by atoms with Gasteiger partial charge in [0.05, 0.1) is 23.5 Å². The molecule has 2 rings (SSSR count). The van der Waals surface area contributed by atoms with Crippen LogP contribution in [-0.4, -0.2) is 19.0 Å². The van der Waals surface area contributed by atoms with Gasteiger partial charge in [-0.3, -0.25) is 4.79 Å². The highest BCUT2D eigenvalue weighted by molar-refractivity contribution is 6.01. The van der Waals surface area contributed by atoms with Gasteiger partial charge in [-0.15, -0.1) is 0 Å². The number of carbonyl (C=O) groups is 1. The number of amides is 1. The lowest BCUT2D eigenvalue weighted by molar-refractivity contribution is -0.137. The molecule has 19 heavy (non-hydrogen) atoms. The van der Waals surface area contributed by atoms with E-state index in [4.69, 9.17) is 0 Å². The van der Waals surface area contributed by atoms with Crippen LogP contribution in [0.15, 0.2) is 18.2 Å². The van der Waals surface area contributed by atoms with E-state index >= 15 is 0 Å². The quantitative estimate of drug-likeness (QED) is 0.897. The first kappa shape index (κ1) is 13.7. The second-order valence-corrected chi connectivity index (χ2v) is 5.05. The minimum atomic E-state index is -4.40.